The summed E-state index contributed by atoms with van der Waals surface area (Å²) in [6.45, 7) is 22.5. The van der Waals surface area contributed by atoms with Crippen molar-refractivity contribution in [3.8, 4) is 0 Å². The second kappa shape index (κ2) is 25.8. The van der Waals surface area contributed by atoms with Gasteiger partial charge >= 0.3 is 0 Å². The van der Waals surface area contributed by atoms with E-state index in [0.717, 1.165) is 12.8 Å². The lowest BCUT2D eigenvalue weighted by Crippen LogP contribution is -2.15. The molecule has 0 aliphatic heterocycles. The highest BCUT2D eigenvalue weighted by molar-refractivity contribution is 4.59. The number of hydrogen-bond donors (Lipinski definition) is 5. The van der Waals surface area contributed by atoms with Crippen molar-refractivity contribution in [1.82, 2.24) is 0 Å². The number of rotatable bonds is 3. The minimum absolute atomic E-state index is 0. The van der Waals surface area contributed by atoms with Crippen molar-refractivity contribution in [3.63, 3.8) is 0 Å². The highest BCUT2D eigenvalue weighted by atomic mass is 16.3. The van der Waals surface area contributed by atoms with E-state index < -0.39 is 16.8 Å². The zero-order valence-corrected chi connectivity index (χ0v) is 19.1. The van der Waals surface area contributed by atoms with E-state index in [-0.39, 0.29) is 14.9 Å². The van der Waals surface area contributed by atoms with Crippen LogP contribution in [-0.2, 0) is 0 Å². The average molecular weight is 403 g/mol. The summed E-state index contributed by atoms with van der Waals surface area (Å²) in [5.74, 6) is 0.440. The summed E-state index contributed by atoms with van der Waals surface area (Å²) < 4.78 is 0. The fourth-order valence-corrected chi connectivity index (χ4v) is 0. The molecule has 0 aliphatic carbocycles. The maximum absolute atomic E-state index is 8.83. The van der Waals surface area contributed by atoms with Gasteiger partial charge in [0.25, 0.3) is 0 Å². The van der Waals surface area contributed by atoms with Crippen LogP contribution in [0, 0.1) is 5.92 Å². The molecule has 5 nitrogen and oxygen atoms in total. The number of aliphatic hydroxyl groups excluding tert-OH is 2. The molecule has 0 amide bonds. The Morgan fingerprint density at radius 2 is 0.778 bits per heavy atom. The van der Waals surface area contributed by atoms with E-state index in [1.54, 1.807) is 55.4 Å². The summed E-state index contributed by atoms with van der Waals surface area (Å²) in [5, 5.41) is 41.9. The van der Waals surface area contributed by atoms with E-state index in [9.17, 15) is 0 Å². The van der Waals surface area contributed by atoms with Gasteiger partial charge in [-0.15, -0.1) is 0 Å². The molecule has 0 aromatic rings. The Morgan fingerprint density at radius 3 is 0.778 bits per heavy atom. The molecule has 0 radical (unpaired) electrons. The van der Waals surface area contributed by atoms with E-state index in [0.29, 0.717) is 19.1 Å². The van der Waals surface area contributed by atoms with Gasteiger partial charge < -0.3 is 25.5 Å². The van der Waals surface area contributed by atoms with Gasteiger partial charge in [0.1, 0.15) is 0 Å². The first kappa shape index (κ1) is 45.5. The lowest BCUT2D eigenvalue weighted by atomic mass is 10.1. The molecule has 0 aromatic heterocycles. The third kappa shape index (κ3) is 434. The van der Waals surface area contributed by atoms with Crippen LogP contribution in [0.5, 0.6) is 0 Å². The molecule has 5 N–H and O–H groups in total. The van der Waals surface area contributed by atoms with Gasteiger partial charge in [-0.25, -0.2) is 0 Å². The van der Waals surface area contributed by atoms with Gasteiger partial charge in [-0.05, 0) is 74.1 Å². The maximum Gasteiger partial charge on any atom is 0.0589 e. The highest BCUT2D eigenvalue weighted by Gasteiger charge is 2.05. The monoisotopic (exact) mass is 402 g/mol. The van der Waals surface area contributed by atoms with Crippen LogP contribution in [0.2, 0.25) is 0 Å². The molecular formula is C22H58O5. The zero-order chi connectivity index (χ0) is 21.9. The van der Waals surface area contributed by atoms with Crippen LogP contribution in [0.1, 0.15) is 111 Å². The van der Waals surface area contributed by atoms with Gasteiger partial charge in [0.05, 0.1) is 16.8 Å². The largest absolute Gasteiger partial charge is 0.396 e. The lowest BCUT2D eigenvalue weighted by molar-refractivity contribution is 0.0764. The van der Waals surface area contributed by atoms with Crippen molar-refractivity contribution in [2.45, 2.75) is 128 Å². The fraction of sp³-hybridized carbons (Fsp3) is 1.00. The molecule has 27 heavy (non-hydrogen) atoms. The molecule has 0 unspecified atom stereocenters. The van der Waals surface area contributed by atoms with Crippen molar-refractivity contribution >= 4 is 0 Å². The van der Waals surface area contributed by atoms with Crippen molar-refractivity contribution in [2.75, 3.05) is 13.2 Å². The van der Waals surface area contributed by atoms with Gasteiger partial charge in [0, 0.05) is 13.2 Å². The Balaban J connectivity index is -0.0000000366. The highest BCUT2D eigenvalue weighted by Crippen LogP contribution is 2.03. The molecule has 0 saturated heterocycles. The molecule has 0 fully saturated rings. The molecule has 0 aliphatic rings. The average Bonchev–Trinajstić information content (AvgIpc) is 2.35. The summed E-state index contributed by atoms with van der Waals surface area (Å²) in [6.07, 6.45) is 1.70. The van der Waals surface area contributed by atoms with Gasteiger partial charge in [0.15, 0.2) is 0 Å². The topological polar surface area (TPSA) is 101 Å². The second-order valence-corrected chi connectivity index (χ2v) is 8.81. The Kier molecular flexibility index (Phi) is 43.5. The Hall–Kier alpha value is -0.200. The fourth-order valence-electron chi connectivity index (χ4n) is 0. The molecule has 0 spiro atoms. The molecule has 0 heterocycles. The SMILES string of the molecule is C.C.CC(C)(C)O.CC(C)(C)O.CC(C)CO.CCC(C)(C)O.CCCO. The second-order valence-electron chi connectivity index (χ2n) is 8.81. The van der Waals surface area contributed by atoms with Crippen molar-refractivity contribution in [1.29, 1.82) is 0 Å². The molecule has 0 atom stereocenters. The minimum atomic E-state index is -0.500. The first-order valence-corrected chi connectivity index (χ1v) is 9.13. The van der Waals surface area contributed by atoms with Crippen LogP contribution in [0.25, 0.3) is 0 Å². The van der Waals surface area contributed by atoms with E-state index in [2.05, 4.69) is 0 Å². The van der Waals surface area contributed by atoms with Gasteiger partial charge in [-0.2, -0.15) is 0 Å². The van der Waals surface area contributed by atoms with Crippen molar-refractivity contribution in [2.24, 2.45) is 5.92 Å². The van der Waals surface area contributed by atoms with E-state index in [1.807, 2.05) is 27.7 Å². The van der Waals surface area contributed by atoms with Gasteiger partial charge in [-0.3, -0.25) is 0 Å². The van der Waals surface area contributed by atoms with E-state index in [1.165, 1.54) is 0 Å². The van der Waals surface area contributed by atoms with Crippen LogP contribution >= 0.6 is 0 Å². The molecule has 5 heteroatoms. The van der Waals surface area contributed by atoms with Gasteiger partial charge in [-0.1, -0.05) is 42.5 Å². The zero-order valence-electron chi connectivity index (χ0n) is 19.1. The minimum Gasteiger partial charge on any atom is -0.396 e. The van der Waals surface area contributed by atoms with Crippen LogP contribution in [0.15, 0.2) is 0 Å². The smallest absolute Gasteiger partial charge is 0.0589 e. The quantitative estimate of drug-likeness (QED) is 0.456. The Labute approximate surface area is 172 Å². The molecule has 0 saturated carbocycles. The molecule has 0 bridgehead atoms. The molecule has 176 valence electrons. The predicted molar refractivity (Wildman–Crippen MR) is 123 cm³/mol. The third-order valence-electron chi connectivity index (χ3n) is 1.45. The molecule has 0 aromatic carbocycles. The standard InChI is InChI=1S/C5H12O.3C4H10O.C3H8O.2CH4/c1-4-5(2,3)6;2*1-4(2,3)5;1-4(2)3-5;1-2-3-4;;/h6H,4H2,1-3H3;2*5H,1-3H3;4-5H,3H2,1-2H3;4H,2-3H2,1H3;2*1H4. The number of aliphatic hydroxyl groups is 5. The maximum atomic E-state index is 8.83. The van der Waals surface area contributed by atoms with Gasteiger partial charge in [0.2, 0.25) is 0 Å². The van der Waals surface area contributed by atoms with Crippen molar-refractivity contribution < 1.29 is 25.5 Å². The first-order valence-electron chi connectivity index (χ1n) is 9.13. The normalized spacial score (nSPS) is 10.0. The first-order chi connectivity index (χ1) is 10.7. The van der Waals surface area contributed by atoms with Crippen LogP contribution < -0.4 is 0 Å². The predicted octanol–water partition coefficient (Wildman–Crippen LogP) is 5.02. The summed E-state index contributed by atoms with van der Waals surface area (Å²) in [5.41, 5.74) is -1.46. The van der Waals surface area contributed by atoms with E-state index >= 15 is 0 Å². The molecular weight excluding hydrogens is 344 g/mol. The van der Waals surface area contributed by atoms with Crippen LogP contribution in [0.3, 0.4) is 0 Å². The summed E-state index contributed by atoms with van der Waals surface area (Å²) in [7, 11) is 0. The van der Waals surface area contributed by atoms with E-state index in [4.69, 9.17) is 25.5 Å². The molecule has 0 rings (SSSR count). The Bertz CT molecular complexity index is 194. The Morgan fingerprint density at radius 1 is 0.667 bits per heavy atom. The van der Waals surface area contributed by atoms with Crippen molar-refractivity contribution in [3.05, 3.63) is 0 Å². The van der Waals surface area contributed by atoms with Crippen LogP contribution in [-0.4, -0.2) is 55.5 Å². The van der Waals surface area contributed by atoms with Crippen LogP contribution in [0.4, 0.5) is 0 Å². The lowest BCUT2D eigenvalue weighted by Gasteiger charge is -2.11. The summed E-state index contributed by atoms with van der Waals surface area (Å²) in [6, 6.07) is 0. The summed E-state index contributed by atoms with van der Waals surface area (Å²) in [4.78, 5) is 0. The summed E-state index contributed by atoms with van der Waals surface area (Å²) >= 11 is 0. The third-order valence-corrected chi connectivity index (χ3v) is 1.45. The number of hydrogen-bond acceptors (Lipinski definition) is 5.